The summed E-state index contributed by atoms with van der Waals surface area (Å²) in [6.45, 7) is 0.443. The predicted octanol–water partition coefficient (Wildman–Crippen LogP) is 3.13. The van der Waals surface area contributed by atoms with Gasteiger partial charge in [0.05, 0.1) is 15.8 Å². The van der Waals surface area contributed by atoms with Gasteiger partial charge in [-0.15, -0.1) is 0 Å². The minimum atomic E-state index is -0.494. The van der Waals surface area contributed by atoms with Gasteiger partial charge in [-0.25, -0.2) is 4.98 Å². The maximum Gasteiger partial charge on any atom is 0.269 e. The van der Waals surface area contributed by atoms with Crippen molar-refractivity contribution in [1.82, 2.24) is 9.55 Å². The number of rotatable bonds is 2. The van der Waals surface area contributed by atoms with Crippen molar-refractivity contribution in [3.05, 3.63) is 80.4 Å². The normalized spacial score (nSPS) is 15.2. The zero-order valence-corrected chi connectivity index (χ0v) is 13.0. The van der Waals surface area contributed by atoms with Crippen LogP contribution in [0.15, 0.2) is 53.3 Å². The van der Waals surface area contributed by atoms with E-state index in [2.05, 4.69) is 4.98 Å². The fraction of sp³-hybridized carbons (Fsp3) is 0.111. The van der Waals surface area contributed by atoms with Crippen LogP contribution in [0.1, 0.15) is 17.8 Å². The van der Waals surface area contributed by atoms with Gasteiger partial charge in [0, 0.05) is 29.8 Å². The lowest BCUT2D eigenvalue weighted by molar-refractivity contribution is -0.384. The van der Waals surface area contributed by atoms with E-state index in [1.54, 1.807) is 28.8 Å². The summed E-state index contributed by atoms with van der Waals surface area (Å²) in [7, 11) is 0. The van der Waals surface area contributed by atoms with Crippen LogP contribution >= 0.6 is 0 Å². The summed E-state index contributed by atoms with van der Waals surface area (Å²) in [5.41, 5.74) is 1.42. The fourth-order valence-corrected chi connectivity index (χ4v) is 3.08. The van der Waals surface area contributed by atoms with Crippen molar-refractivity contribution in [3.8, 4) is 0 Å². The fourth-order valence-electron chi connectivity index (χ4n) is 3.08. The molecule has 1 aromatic heterocycles. The highest BCUT2D eigenvalue weighted by atomic mass is 16.6. The molecule has 0 bridgehead atoms. The molecule has 1 N–H and O–H groups in total. The number of hydrogen-bond acceptors (Lipinski definition) is 5. The maximum atomic E-state index is 12.6. The molecule has 0 fully saturated rings. The molecule has 7 nitrogen and oxygen atoms in total. The summed E-state index contributed by atoms with van der Waals surface area (Å²) in [6.07, 6.45) is 0.474. The van der Waals surface area contributed by atoms with Gasteiger partial charge in [0.25, 0.3) is 11.2 Å². The zero-order valence-electron chi connectivity index (χ0n) is 13.0. The molecule has 3 aromatic rings. The van der Waals surface area contributed by atoms with Crippen LogP contribution in [0.5, 0.6) is 0 Å². The molecule has 0 spiro atoms. The molecule has 0 unspecified atom stereocenters. The van der Waals surface area contributed by atoms with E-state index >= 15 is 0 Å². The molecule has 1 aliphatic rings. The van der Waals surface area contributed by atoms with E-state index in [1.807, 2.05) is 0 Å². The topological polar surface area (TPSA) is 98.3 Å². The van der Waals surface area contributed by atoms with E-state index in [0.717, 1.165) is 0 Å². The number of hydrogen-bond donors (Lipinski definition) is 1. The van der Waals surface area contributed by atoms with E-state index < -0.39 is 4.92 Å². The number of aliphatic hydroxyl groups is 1. The Hall–Kier alpha value is -3.48. The van der Waals surface area contributed by atoms with E-state index in [1.165, 1.54) is 24.3 Å². The van der Waals surface area contributed by atoms with Crippen molar-refractivity contribution in [3.63, 3.8) is 0 Å². The Balaban J connectivity index is 1.87. The minimum absolute atomic E-state index is 0.0108. The lowest BCUT2D eigenvalue weighted by Crippen LogP contribution is -2.20. The maximum absolute atomic E-state index is 12.6. The third-order valence-electron chi connectivity index (χ3n) is 4.35. The monoisotopic (exact) mass is 335 g/mol. The predicted molar refractivity (Wildman–Crippen MR) is 93.2 cm³/mol. The van der Waals surface area contributed by atoms with Gasteiger partial charge in [0.15, 0.2) is 0 Å². The Morgan fingerprint density at radius 1 is 1.16 bits per heavy atom. The van der Waals surface area contributed by atoms with Gasteiger partial charge in [0.2, 0.25) is 0 Å². The van der Waals surface area contributed by atoms with Gasteiger partial charge in [-0.3, -0.25) is 19.5 Å². The van der Waals surface area contributed by atoms with Gasteiger partial charge in [0.1, 0.15) is 11.6 Å². The summed E-state index contributed by atoms with van der Waals surface area (Å²) in [6, 6.07) is 12.7. The van der Waals surface area contributed by atoms with Gasteiger partial charge >= 0.3 is 0 Å². The van der Waals surface area contributed by atoms with Crippen LogP contribution in [0.4, 0.5) is 5.69 Å². The Morgan fingerprint density at radius 3 is 2.60 bits per heavy atom. The molecular weight excluding hydrogens is 322 g/mol. The smallest absolute Gasteiger partial charge is 0.269 e. The quantitative estimate of drug-likeness (QED) is 0.441. The highest BCUT2D eigenvalue weighted by molar-refractivity contribution is 5.88. The summed E-state index contributed by atoms with van der Waals surface area (Å²) < 4.78 is 1.55. The molecule has 0 atom stereocenters. The average molecular weight is 335 g/mol. The van der Waals surface area contributed by atoms with E-state index in [4.69, 9.17) is 0 Å². The van der Waals surface area contributed by atoms with Crippen LogP contribution in [0.3, 0.4) is 0 Å². The number of nitrogens with zero attached hydrogens (tertiary/aromatic N) is 3. The Morgan fingerprint density at radius 2 is 1.88 bits per heavy atom. The minimum Gasteiger partial charge on any atom is -0.507 e. The zero-order chi connectivity index (χ0) is 17.6. The van der Waals surface area contributed by atoms with Gasteiger partial charge in [-0.1, -0.05) is 12.1 Å². The van der Waals surface area contributed by atoms with Crippen LogP contribution in [-0.2, 0) is 6.54 Å². The molecule has 2 aromatic carbocycles. The molecule has 0 amide bonds. The summed E-state index contributed by atoms with van der Waals surface area (Å²) in [5.74, 6) is 0.433. The second-order valence-corrected chi connectivity index (χ2v) is 5.79. The lowest BCUT2D eigenvalue weighted by atomic mass is 10.1. The molecule has 124 valence electrons. The summed E-state index contributed by atoms with van der Waals surface area (Å²) >= 11 is 0. The van der Waals surface area contributed by atoms with Gasteiger partial charge in [-0.05, 0) is 30.7 Å². The van der Waals surface area contributed by atoms with Crippen molar-refractivity contribution in [2.45, 2.75) is 13.0 Å². The second-order valence-electron chi connectivity index (χ2n) is 5.79. The number of para-hydroxylation sites is 1. The van der Waals surface area contributed by atoms with Crippen LogP contribution in [-0.4, -0.2) is 19.6 Å². The number of benzene rings is 2. The first-order valence-electron chi connectivity index (χ1n) is 7.73. The highest BCUT2D eigenvalue weighted by Gasteiger charge is 2.24. The molecule has 0 radical (unpaired) electrons. The second kappa shape index (κ2) is 5.55. The first kappa shape index (κ1) is 15.1. The number of nitro groups is 1. The molecule has 2 heterocycles. The van der Waals surface area contributed by atoms with Crippen molar-refractivity contribution in [2.24, 2.45) is 0 Å². The van der Waals surface area contributed by atoms with Crippen LogP contribution < -0.4 is 5.56 Å². The largest absolute Gasteiger partial charge is 0.507 e. The van der Waals surface area contributed by atoms with Crippen molar-refractivity contribution in [2.75, 3.05) is 0 Å². The van der Waals surface area contributed by atoms with Crippen LogP contribution in [0.2, 0.25) is 0 Å². The first-order valence-corrected chi connectivity index (χ1v) is 7.73. The number of allylic oxidation sites excluding steroid dienone is 1. The SMILES string of the molecule is O=c1c2ccccc2nc2n1CC/C2=C(/O)c1ccc([N+](=O)[O-])cc1. The van der Waals surface area contributed by atoms with Crippen LogP contribution in [0.25, 0.3) is 22.2 Å². The molecule has 4 rings (SSSR count). The van der Waals surface area contributed by atoms with E-state index in [0.29, 0.717) is 40.8 Å². The number of non-ortho nitro benzene ring substituents is 1. The van der Waals surface area contributed by atoms with E-state index in [-0.39, 0.29) is 17.0 Å². The first-order chi connectivity index (χ1) is 12.1. The lowest BCUT2D eigenvalue weighted by Gasteiger charge is -2.07. The van der Waals surface area contributed by atoms with Gasteiger partial charge < -0.3 is 5.11 Å². The van der Waals surface area contributed by atoms with Crippen LogP contribution in [0, 0.1) is 10.1 Å². The number of fused-ring (bicyclic) bond motifs is 2. The van der Waals surface area contributed by atoms with Crippen molar-refractivity contribution < 1.29 is 10.0 Å². The molecule has 1 aliphatic heterocycles. The number of aliphatic hydroxyl groups excluding tert-OH is 1. The molecule has 7 heteroatoms. The van der Waals surface area contributed by atoms with Crippen molar-refractivity contribution >= 4 is 27.9 Å². The number of nitro benzene ring substituents is 1. The molecular formula is C18H13N3O4. The van der Waals surface area contributed by atoms with Gasteiger partial charge in [-0.2, -0.15) is 0 Å². The highest BCUT2D eigenvalue weighted by Crippen LogP contribution is 2.32. The standard InChI is InChI=1S/C18H13N3O4/c22-16(11-5-7-12(8-6-11)21(24)25)14-9-10-20-17(14)19-15-4-2-1-3-13(15)18(20)23/h1-8,22H,9-10H2/b16-14-. The van der Waals surface area contributed by atoms with E-state index in [9.17, 15) is 20.0 Å². The molecule has 0 aliphatic carbocycles. The molecule has 0 saturated carbocycles. The average Bonchev–Trinajstić information content (AvgIpc) is 3.05. The Bertz CT molecular complexity index is 1100. The third kappa shape index (κ3) is 2.37. The Kier molecular flexibility index (Phi) is 3.35. The summed E-state index contributed by atoms with van der Waals surface area (Å²) in [5, 5.41) is 21.9. The third-order valence-corrected chi connectivity index (χ3v) is 4.35. The molecule has 25 heavy (non-hydrogen) atoms. The number of aromatic nitrogens is 2. The molecule has 0 saturated heterocycles. The Labute approximate surface area is 141 Å². The summed E-state index contributed by atoms with van der Waals surface area (Å²) in [4.78, 5) is 27.4. The van der Waals surface area contributed by atoms with Crippen molar-refractivity contribution in [1.29, 1.82) is 0 Å².